The predicted octanol–water partition coefficient (Wildman–Crippen LogP) is 2.76. The third kappa shape index (κ3) is 3.78. The number of nitrogens with zero attached hydrogens (tertiary/aromatic N) is 2. The number of rotatable bonds is 5. The Hall–Kier alpha value is -2.96. The Morgan fingerprint density at radius 2 is 2.18 bits per heavy atom. The van der Waals surface area contributed by atoms with E-state index < -0.39 is 4.92 Å². The summed E-state index contributed by atoms with van der Waals surface area (Å²) < 4.78 is 4.63. The quantitative estimate of drug-likeness (QED) is 0.518. The number of nitrogens with one attached hydrogen (secondary N) is 1. The zero-order valence-electron chi connectivity index (χ0n) is 12.2. The lowest BCUT2D eigenvalue weighted by atomic mass is 10.1. The molecule has 2 rings (SSSR count). The van der Waals surface area contributed by atoms with Crippen molar-refractivity contribution in [3.05, 3.63) is 57.8 Å². The third-order valence-electron chi connectivity index (χ3n) is 3.04. The molecule has 0 bridgehead atoms. The first kappa shape index (κ1) is 15.4. The Morgan fingerprint density at radius 3 is 2.82 bits per heavy atom. The van der Waals surface area contributed by atoms with Crippen molar-refractivity contribution in [3.63, 3.8) is 0 Å². The fourth-order valence-electron chi connectivity index (χ4n) is 1.93. The van der Waals surface area contributed by atoms with Crippen LogP contribution < -0.4 is 5.32 Å². The van der Waals surface area contributed by atoms with Crippen LogP contribution in [0.4, 0.5) is 17.2 Å². The van der Waals surface area contributed by atoms with Crippen LogP contribution in [0.25, 0.3) is 0 Å². The topological polar surface area (TPSA) is 94.4 Å². The molecule has 1 aromatic heterocycles. The first-order valence-corrected chi connectivity index (χ1v) is 6.53. The van der Waals surface area contributed by atoms with Crippen molar-refractivity contribution >= 4 is 23.2 Å². The number of pyridine rings is 1. The molecule has 7 heteroatoms. The fourth-order valence-corrected chi connectivity index (χ4v) is 1.93. The lowest BCUT2D eigenvalue weighted by molar-refractivity contribution is -0.385. The van der Waals surface area contributed by atoms with Crippen LogP contribution in [0.2, 0.25) is 0 Å². The molecular formula is C15H15N3O4. The summed E-state index contributed by atoms with van der Waals surface area (Å²) >= 11 is 0. The second-order valence-corrected chi connectivity index (χ2v) is 4.69. The Morgan fingerprint density at radius 1 is 1.41 bits per heavy atom. The summed E-state index contributed by atoms with van der Waals surface area (Å²) in [6.45, 7) is 1.74. The molecule has 0 fully saturated rings. The van der Waals surface area contributed by atoms with E-state index in [0.29, 0.717) is 11.4 Å². The molecular weight excluding hydrogens is 286 g/mol. The third-order valence-corrected chi connectivity index (χ3v) is 3.04. The van der Waals surface area contributed by atoms with Crippen molar-refractivity contribution in [3.8, 4) is 0 Å². The van der Waals surface area contributed by atoms with Gasteiger partial charge in [-0.15, -0.1) is 0 Å². The molecule has 0 amide bonds. The zero-order chi connectivity index (χ0) is 16.1. The predicted molar refractivity (Wildman–Crippen MR) is 81.1 cm³/mol. The van der Waals surface area contributed by atoms with Crippen molar-refractivity contribution in [2.75, 3.05) is 12.4 Å². The number of nitro groups is 1. The molecule has 0 aliphatic rings. The van der Waals surface area contributed by atoms with E-state index in [0.717, 1.165) is 11.3 Å². The molecule has 1 heterocycles. The molecule has 0 atom stereocenters. The van der Waals surface area contributed by atoms with E-state index in [1.807, 2.05) is 12.1 Å². The summed E-state index contributed by atoms with van der Waals surface area (Å²) in [6.07, 6.45) is 1.38. The largest absolute Gasteiger partial charge is 0.469 e. The van der Waals surface area contributed by atoms with Gasteiger partial charge in [-0.05, 0) is 30.2 Å². The van der Waals surface area contributed by atoms with E-state index in [-0.39, 0.29) is 18.1 Å². The number of hydrogen-bond acceptors (Lipinski definition) is 6. The first-order chi connectivity index (χ1) is 10.5. The Bertz CT molecular complexity index is 716. The van der Waals surface area contributed by atoms with Crippen molar-refractivity contribution in [1.82, 2.24) is 4.98 Å². The van der Waals surface area contributed by atoms with Gasteiger partial charge >= 0.3 is 5.97 Å². The number of aromatic nitrogens is 1. The van der Waals surface area contributed by atoms with Gasteiger partial charge < -0.3 is 10.1 Å². The number of esters is 1. The highest BCUT2D eigenvalue weighted by Gasteiger charge is 2.10. The van der Waals surface area contributed by atoms with Crippen LogP contribution in [0, 0.1) is 17.0 Å². The summed E-state index contributed by atoms with van der Waals surface area (Å²) in [4.78, 5) is 25.6. The monoisotopic (exact) mass is 301 g/mol. The van der Waals surface area contributed by atoms with Gasteiger partial charge in [-0.3, -0.25) is 14.9 Å². The minimum atomic E-state index is -0.485. The normalized spacial score (nSPS) is 10.1. The summed E-state index contributed by atoms with van der Waals surface area (Å²) in [5, 5.41) is 13.8. The number of ether oxygens (including phenoxy) is 1. The van der Waals surface area contributed by atoms with Gasteiger partial charge in [0.05, 0.1) is 18.5 Å². The van der Waals surface area contributed by atoms with Gasteiger partial charge in [-0.25, -0.2) is 4.98 Å². The summed E-state index contributed by atoms with van der Waals surface area (Å²) in [7, 11) is 1.34. The van der Waals surface area contributed by atoms with Gasteiger partial charge in [-0.1, -0.05) is 12.1 Å². The van der Waals surface area contributed by atoms with Crippen LogP contribution in [0.15, 0.2) is 36.5 Å². The maximum Gasteiger partial charge on any atom is 0.309 e. The highest BCUT2D eigenvalue weighted by molar-refractivity contribution is 5.73. The zero-order valence-corrected chi connectivity index (χ0v) is 12.2. The van der Waals surface area contributed by atoms with Crippen LogP contribution in [-0.2, 0) is 16.0 Å². The average Bonchev–Trinajstić information content (AvgIpc) is 2.49. The minimum Gasteiger partial charge on any atom is -0.469 e. The Balaban J connectivity index is 2.18. The molecule has 7 nitrogen and oxygen atoms in total. The molecule has 0 aliphatic heterocycles. The van der Waals surface area contributed by atoms with Gasteiger partial charge in [0.2, 0.25) is 0 Å². The minimum absolute atomic E-state index is 0.0532. The van der Waals surface area contributed by atoms with Crippen molar-refractivity contribution < 1.29 is 14.5 Å². The SMILES string of the molecule is COC(=O)Cc1cccc(Nc2ncc([N+](=O)[O-])cc2C)c1. The first-order valence-electron chi connectivity index (χ1n) is 6.53. The number of anilines is 2. The van der Waals surface area contributed by atoms with E-state index >= 15 is 0 Å². The van der Waals surface area contributed by atoms with Crippen LogP contribution in [-0.4, -0.2) is 23.0 Å². The van der Waals surface area contributed by atoms with Gasteiger partial charge in [0.1, 0.15) is 12.0 Å². The average molecular weight is 301 g/mol. The van der Waals surface area contributed by atoms with Crippen molar-refractivity contribution in [2.45, 2.75) is 13.3 Å². The summed E-state index contributed by atoms with van der Waals surface area (Å²) in [5.74, 6) is 0.211. The highest BCUT2D eigenvalue weighted by Crippen LogP contribution is 2.22. The Kier molecular flexibility index (Phi) is 4.67. The maximum absolute atomic E-state index is 11.3. The lowest BCUT2D eigenvalue weighted by Gasteiger charge is -2.09. The van der Waals surface area contributed by atoms with Gasteiger partial charge in [0.25, 0.3) is 5.69 Å². The molecule has 0 aliphatic carbocycles. The number of methoxy groups -OCH3 is 1. The molecule has 1 N–H and O–H groups in total. The smallest absolute Gasteiger partial charge is 0.309 e. The molecule has 2 aromatic rings. The number of benzene rings is 1. The van der Waals surface area contributed by atoms with E-state index in [9.17, 15) is 14.9 Å². The molecule has 1 aromatic carbocycles. The van der Waals surface area contributed by atoms with Crippen molar-refractivity contribution in [1.29, 1.82) is 0 Å². The van der Waals surface area contributed by atoms with E-state index in [1.165, 1.54) is 19.4 Å². The molecule has 0 saturated carbocycles. The Labute approximate surface area is 127 Å². The fraction of sp³-hybridized carbons (Fsp3) is 0.200. The molecule has 0 unspecified atom stereocenters. The number of hydrogen-bond donors (Lipinski definition) is 1. The second kappa shape index (κ2) is 6.66. The molecule has 0 radical (unpaired) electrons. The summed E-state index contributed by atoms with van der Waals surface area (Å²) in [5.41, 5.74) is 2.15. The molecule has 114 valence electrons. The standard InChI is InChI=1S/C15H15N3O4/c1-10-6-13(18(20)21)9-16-15(10)17-12-5-3-4-11(7-12)8-14(19)22-2/h3-7,9H,8H2,1-2H3,(H,16,17). The molecule has 0 saturated heterocycles. The lowest BCUT2D eigenvalue weighted by Crippen LogP contribution is -2.05. The number of carbonyl (C=O) groups excluding carboxylic acids is 1. The highest BCUT2D eigenvalue weighted by atomic mass is 16.6. The number of aryl methyl sites for hydroxylation is 1. The van der Waals surface area contributed by atoms with Gasteiger partial charge in [0.15, 0.2) is 0 Å². The molecule has 0 spiro atoms. The number of carbonyl (C=O) groups is 1. The molecule has 22 heavy (non-hydrogen) atoms. The van der Waals surface area contributed by atoms with Crippen LogP contribution in [0.5, 0.6) is 0 Å². The van der Waals surface area contributed by atoms with Crippen LogP contribution in [0.3, 0.4) is 0 Å². The van der Waals surface area contributed by atoms with E-state index in [1.54, 1.807) is 19.1 Å². The second-order valence-electron chi connectivity index (χ2n) is 4.69. The van der Waals surface area contributed by atoms with Gasteiger partial charge in [-0.2, -0.15) is 0 Å². The summed E-state index contributed by atoms with van der Waals surface area (Å²) in [6, 6.07) is 8.70. The van der Waals surface area contributed by atoms with E-state index in [2.05, 4.69) is 15.0 Å². The van der Waals surface area contributed by atoms with Crippen molar-refractivity contribution in [2.24, 2.45) is 0 Å². The van der Waals surface area contributed by atoms with Crippen LogP contribution in [0.1, 0.15) is 11.1 Å². The van der Waals surface area contributed by atoms with E-state index in [4.69, 9.17) is 0 Å². The maximum atomic E-state index is 11.3. The van der Waals surface area contributed by atoms with Gasteiger partial charge in [0, 0.05) is 11.8 Å². The van der Waals surface area contributed by atoms with Crippen LogP contribution >= 0.6 is 0 Å².